The minimum Gasteiger partial charge on any atom is -0.482 e. The molecule has 0 saturated heterocycles. The number of fused-ring (bicyclic) bond motifs is 1. The average molecular weight is 208 g/mol. The number of nitrogens with one attached hydrogen (secondary N) is 1. The van der Waals surface area contributed by atoms with Crippen molar-refractivity contribution in [1.29, 1.82) is 0 Å². The van der Waals surface area contributed by atoms with Crippen LogP contribution in [0.4, 0.5) is 5.69 Å². The summed E-state index contributed by atoms with van der Waals surface area (Å²) in [5, 5.41) is 2.70. The molecule has 0 aromatic heterocycles. The number of amides is 1. The van der Waals surface area contributed by atoms with E-state index in [-0.39, 0.29) is 12.5 Å². The van der Waals surface area contributed by atoms with Crippen LogP contribution in [0.2, 0.25) is 0 Å². The number of rotatable bonds is 2. The third kappa shape index (κ3) is 1.93. The van der Waals surface area contributed by atoms with Crippen LogP contribution in [-0.2, 0) is 9.53 Å². The van der Waals surface area contributed by atoms with E-state index < -0.39 is 6.23 Å². The summed E-state index contributed by atoms with van der Waals surface area (Å²) in [7, 11) is 1.53. The smallest absolute Gasteiger partial charge is 0.262 e. The standard InChI is InChI=1S/C10H12N2O3/c1-14-10(11)6-2-3-8-7(4-6)12-9(13)5-15-8/h2-4,10H,5,11H2,1H3,(H,12,13). The van der Waals surface area contributed by atoms with Crippen LogP contribution < -0.4 is 15.8 Å². The van der Waals surface area contributed by atoms with E-state index in [0.717, 1.165) is 5.56 Å². The third-order valence-corrected chi connectivity index (χ3v) is 2.22. The van der Waals surface area contributed by atoms with E-state index in [1.807, 2.05) is 6.07 Å². The maximum absolute atomic E-state index is 11.1. The molecule has 3 N–H and O–H groups in total. The molecule has 2 rings (SSSR count). The highest BCUT2D eigenvalue weighted by atomic mass is 16.5. The zero-order valence-electron chi connectivity index (χ0n) is 8.32. The van der Waals surface area contributed by atoms with Crippen molar-refractivity contribution < 1.29 is 14.3 Å². The molecule has 0 fully saturated rings. The average Bonchev–Trinajstić information content (AvgIpc) is 2.27. The van der Waals surface area contributed by atoms with Gasteiger partial charge in [0.2, 0.25) is 0 Å². The molecule has 0 spiro atoms. The largest absolute Gasteiger partial charge is 0.482 e. The van der Waals surface area contributed by atoms with Crippen LogP contribution in [0, 0.1) is 0 Å². The molecular weight excluding hydrogens is 196 g/mol. The SMILES string of the molecule is COC(N)c1ccc2c(c1)NC(=O)CO2. The first-order valence-electron chi connectivity index (χ1n) is 4.55. The van der Waals surface area contributed by atoms with Gasteiger partial charge in [-0.05, 0) is 17.7 Å². The highest BCUT2D eigenvalue weighted by molar-refractivity contribution is 5.95. The van der Waals surface area contributed by atoms with Crippen molar-refractivity contribution in [3.05, 3.63) is 23.8 Å². The van der Waals surface area contributed by atoms with Gasteiger partial charge in [-0.2, -0.15) is 0 Å². The van der Waals surface area contributed by atoms with E-state index >= 15 is 0 Å². The quantitative estimate of drug-likeness (QED) is 0.699. The van der Waals surface area contributed by atoms with Gasteiger partial charge in [0.1, 0.15) is 12.0 Å². The molecule has 0 radical (unpaired) electrons. The predicted octanol–water partition coefficient (Wildman–Crippen LogP) is 0.621. The second kappa shape index (κ2) is 3.88. The Morgan fingerprint density at radius 2 is 2.40 bits per heavy atom. The van der Waals surface area contributed by atoms with Crippen LogP contribution in [0.3, 0.4) is 0 Å². The van der Waals surface area contributed by atoms with Gasteiger partial charge < -0.3 is 20.5 Å². The zero-order chi connectivity index (χ0) is 10.8. The number of hydrogen-bond acceptors (Lipinski definition) is 4. The van der Waals surface area contributed by atoms with Gasteiger partial charge in [0, 0.05) is 7.11 Å². The summed E-state index contributed by atoms with van der Waals surface area (Å²) >= 11 is 0. The Kier molecular flexibility index (Phi) is 2.57. The summed E-state index contributed by atoms with van der Waals surface area (Å²) in [4.78, 5) is 11.1. The number of anilines is 1. The van der Waals surface area contributed by atoms with Crippen LogP contribution in [0.15, 0.2) is 18.2 Å². The summed E-state index contributed by atoms with van der Waals surface area (Å²) in [5.41, 5.74) is 7.12. The first kappa shape index (κ1) is 9.95. The summed E-state index contributed by atoms with van der Waals surface area (Å²) in [6.07, 6.45) is -0.492. The van der Waals surface area contributed by atoms with Crippen molar-refractivity contribution in [3.8, 4) is 5.75 Å². The van der Waals surface area contributed by atoms with Crippen LogP contribution in [-0.4, -0.2) is 19.6 Å². The van der Waals surface area contributed by atoms with Crippen LogP contribution in [0.5, 0.6) is 5.75 Å². The van der Waals surface area contributed by atoms with Crippen molar-refractivity contribution in [2.75, 3.05) is 19.0 Å². The molecule has 0 saturated carbocycles. The zero-order valence-corrected chi connectivity index (χ0v) is 8.32. The maximum atomic E-state index is 11.1. The molecule has 1 aromatic carbocycles. The van der Waals surface area contributed by atoms with E-state index in [4.69, 9.17) is 15.2 Å². The minimum absolute atomic E-state index is 0.0582. The fourth-order valence-electron chi connectivity index (χ4n) is 1.41. The van der Waals surface area contributed by atoms with E-state index in [2.05, 4.69) is 5.32 Å². The predicted molar refractivity (Wildman–Crippen MR) is 54.5 cm³/mol. The van der Waals surface area contributed by atoms with Crippen molar-refractivity contribution in [2.45, 2.75) is 6.23 Å². The summed E-state index contributed by atoms with van der Waals surface area (Å²) in [6.45, 7) is 0.0582. The molecule has 0 bridgehead atoms. The number of carbonyl (C=O) groups excluding carboxylic acids is 1. The van der Waals surface area contributed by atoms with Gasteiger partial charge >= 0.3 is 0 Å². The molecule has 1 aliphatic heterocycles. The van der Waals surface area contributed by atoms with Crippen molar-refractivity contribution >= 4 is 11.6 Å². The monoisotopic (exact) mass is 208 g/mol. The van der Waals surface area contributed by atoms with E-state index in [0.29, 0.717) is 11.4 Å². The lowest BCUT2D eigenvalue weighted by Gasteiger charge is -2.19. The van der Waals surface area contributed by atoms with Gasteiger partial charge in [-0.3, -0.25) is 4.79 Å². The lowest BCUT2D eigenvalue weighted by Crippen LogP contribution is -2.25. The Morgan fingerprint density at radius 1 is 1.60 bits per heavy atom. The van der Waals surface area contributed by atoms with Gasteiger partial charge in [0.15, 0.2) is 6.61 Å². The summed E-state index contributed by atoms with van der Waals surface area (Å²) < 4.78 is 10.2. The Bertz CT molecular complexity index is 392. The van der Waals surface area contributed by atoms with E-state index in [9.17, 15) is 4.79 Å². The Balaban J connectivity index is 2.32. The highest BCUT2D eigenvalue weighted by Crippen LogP contribution is 2.30. The minimum atomic E-state index is -0.492. The summed E-state index contributed by atoms with van der Waals surface area (Å²) in [6, 6.07) is 5.33. The maximum Gasteiger partial charge on any atom is 0.262 e. The fraction of sp³-hybridized carbons (Fsp3) is 0.300. The molecule has 15 heavy (non-hydrogen) atoms. The number of carbonyl (C=O) groups is 1. The van der Waals surface area contributed by atoms with Crippen LogP contribution in [0.1, 0.15) is 11.8 Å². The second-order valence-corrected chi connectivity index (χ2v) is 3.25. The topological polar surface area (TPSA) is 73.6 Å². The lowest BCUT2D eigenvalue weighted by atomic mass is 10.1. The van der Waals surface area contributed by atoms with E-state index in [1.165, 1.54) is 7.11 Å². The lowest BCUT2D eigenvalue weighted by molar-refractivity contribution is -0.118. The third-order valence-electron chi connectivity index (χ3n) is 2.22. The number of ether oxygens (including phenoxy) is 2. The van der Waals surface area contributed by atoms with Gasteiger partial charge in [0.05, 0.1) is 5.69 Å². The number of benzene rings is 1. The van der Waals surface area contributed by atoms with Crippen molar-refractivity contribution in [3.63, 3.8) is 0 Å². The fourth-order valence-corrected chi connectivity index (χ4v) is 1.41. The summed E-state index contributed by atoms with van der Waals surface area (Å²) in [5.74, 6) is 0.493. The first-order valence-corrected chi connectivity index (χ1v) is 4.55. The normalized spacial score (nSPS) is 16.3. The molecular formula is C10H12N2O3. The Labute approximate surface area is 87.2 Å². The highest BCUT2D eigenvalue weighted by Gasteiger charge is 2.17. The number of methoxy groups -OCH3 is 1. The molecule has 1 aliphatic rings. The van der Waals surface area contributed by atoms with Crippen molar-refractivity contribution in [2.24, 2.45) is 5.73 Å². The molecule has 0 aliphatic carbocycles. The van der Waals surface area contributed by atoms with Gasteiger partial charge in [-0.25, -0.2) is 0 Å². The molecule has 5 heteroatoms. The van der Waals surface area contributed by atoms with Crippen molar-refractivity contribution in [1.82, 2.24) is 0 Å². The molecule has 5 nitrogen and oxygen atoms in total. The first-order chi connectivity index (χ1) is 7.20. The molecule has 1 atom stereocenters. The molecule has 1 heterocycles. The second-order valence-electron chi connectivity index (χ2n) is 3.25. The number of nitrogens with two attached hydrogens (primary N) is 1. The molecule has 1 aromatic rings. The molecule has 80 valence electrons. The van der Waals surface area contributed by atoms with Crippen LogP contribution >= 0.6 is 0 Å². The Hall–Kier alpha value is -1.59. The van der Waals surface area contributed by atoms with Crippen LogP contribution in [0.25, 0.3) is 0 Å². The van der Waals surface area contributed by atoms with Gasteiger partial charge in [0.25, 0.3) is 5.91 Å². The van der Waals surface area contributed by atoms with Gasteiger partial charge in [-0.1, -0.05) is 6.07 Å². The molecule has 1 unspecified atom stereocenters. The van der Waals surface area contributed by atoms with E-state index in [1.54, 1.807) is 12.1 Å². The molecule has 1 amide bonds. The number of hydrogen-bond donors (Lipinski definition) is 2. The Morgan fingerprint density at radius 3 is 3.13 bits per heavy atom. The van der Waals surface area contributed by atoms with Gasteiger partial charge in [-0.15, -0.1) is 0 Å².